The van der Waals surface area contributed by atoms with Crippen molar-refractivity contribution in [3.8, 4) is 5.75 Å². The Morgan fingerprint density at radius 1 is 0.736 bits per heavy atom. The zero-order valence-corrected chi connectivity index (χ0v) is 51.4. The summed E-state index contributed by atoms with van der Waals surface area (Å²) in [6.45, 7) is 0.739. The fourth-order valence-electron chi connectivity index (χ4n) is 10.4. The third kappa shape index (κ3) is 23.1. The van der Waals surface area contributed by atoms with Gasteiger partial charge >= 0.3 is 0 Å². The smallest absolute Gasteiger partial charge is 0.300 e. The van der Waals surface area contributed by atoms with Gasteiger partial charge in [0.15, 0.2) is 5.96 Å². The number of guanidine groups is 1. The predicted molar refractivity (Wildman–Crippen MR) is 333 cm³/mol. The molecule has 2 aromatic carbocycles. The molecular weight excluding hydrogens is 1180 g/mol. The van der Waals surface area contributed by atoms with Crippen LogP contribution in [0.1, 0.15) is 117 Å². The number of amides is 10. The predicted octanol–water partition coefficient (Wildman–Crippen LogP) is -1.35. The van der Waals surface area contributed by atoms with Gasteiger partial charge in [0.1, 0.15) is 60.1 Å². The number of nitrogens with one attached hydrogen (secondary N) is 11. The summed E-state index contributed by atoms with van der Waals surface area (Å²) in [7, 11) is 0. The average Bonchev–Trinajstić information content (AvgIpc) is 1.79. The number of hydrogen-bond donors (Lipinski definition) is 16. The van der Waals surface area contributed by atoms with Crippen LogP contribution in [0.3, 0.4) is 0 Å². The van der Waals surface area contributed by atoms with E-state index in [2.05, 4.69) is 62.5 Å². The number of nitrogens with zero attached hydrogens (tertiary/aromatic N) is 3. The van der Waals surface area contributed by atoms with Crippen LogP contribution in [0, 0.1) is 11.8 Å². The molecule has 6 rings (SSSR count). The maximum Gasteiger partial charge on any atom is 0.300 e. The number of carbonyl (C=O) groups excluding carboxylic acids is 10. The number of imidazole rings is 1. The van der Waals surface area contributed by atoms with Crippen molar-refractivity contribution in [1.29, 1.82) is 0 Å². The van der Waals surface area contributed by atoms with E-state index in [-0.39, 0.29) is 113 Å². The highest BCUT2D eigenvalue weighted by Crippen LogP contribution is 2.22. The summed E-state index contributed by atoms with van der Waals surface area (Å²) in [6, 6.07) is 0.220. The largest absolute Gasteiger partial charge is 0.508 e. The Kier molecular flexibility index (Phi) is 25.1. The molecule has 2 saturated heterocycles. The van der Waals surface area contributed by atoms with Crippen molar-refractivity contribution >= 4 is 81.9 Å². The number of benzene rings is 2. The van der Waals surface area contributed by atoms with Crippen LogP contribution in [0.4, 0.5) is 0 Å². The molecule has 2 aromatic heterocycles. The molecule has 2 aliphatic rings. The van der Waals surface area contributed by atoms with Gasteiger partial charge in [-0.2, -0.15) is 0 Å². The van der Waals surface area contributed by atoms with Gasteiger partial charge in [0.05, 0.1) is 12.9 Å². The van der Waals surface area contributed by atoms with Crippen molar-refractivity contribution in [3.63, 3.8) is 0 Å². The van der Waals surface area contributed by atoms with E-state index >= 15 is 0 Å². The maximum absolute atomic E-state index is 14.7. The van der Waals surface area contributed by atoms with Gasteiger partial charge in [0, 0.05) is 88.0 Å². The zero-order valence-electron chi connectivity index (χ0n) is 56.4. The first-order chi connectivity index (χ1) is 45.2. The Hall–Kier alpha value is -9.61. The maximum atomic E-state index is 14.7. The molecule has 0 bridgehead atoms. The second-order valence-corrected chi connectivity index (χ2v) is 23.0. The average molecular weight is 1270 g/mol. The summed E-state index contributed by atoms with van der Waals surface area (Å²) in [5, 5.41) is 52.1. The number of aromatic hydroxyl groups is 1. The van der Waals surface area contributed by atoms with Crippen LogP contribution in [0.25, 0.3) is 10.9 Å². The Bertz CT molecular complexity index is 3380. The first-order valence-corrected chi connectivity index (χ1v) is 29.9. The Morgan fingerprint density at radius 3 is 1.86 bits per heavy atom. The fraction of sp³-hybridized carbons (Fsp3) is 0.525. The number of rotatable bonds is 32. The Labute approximate surface area is 533 Å². The highest BCUT2D eigenvalue weighted by atomic mass is 16.4. The van der Waals surface area contributed by atoms with E-state index in [1.54, 1.807) is 58.2 Å². The number of likely N-dealkylation sites (N-methyl/N-ethyl adjacent to an activating group) is 1. The van der Waals surface area contributed by atoms with Gasteiger partial charge in [0.25, 0.3) is 5.97 Å². The van der Waals surface area contributed by atoms with Crippen molar-refractivity contribution < 1.29 is 74.9 Å². The number of phenolic OH excluding ortho intramolecular Hbond substituents is 1. The SMILES string of the molecule is CC(=O)O.[2H]C([2H])([2H])C([2H])([2H])NC(=O)[C@@H]1CCCN1C(=O)C(CCCN=C(N)N)NC(=O)[C@@H](CC(C)C)NC(=O)[C@H](CC(C)C)NC(=O)[C@H](Cc1ccc(O)cc1)NC(=O)[C@H](CO)NC(=O)[C@H](Cc1c[nH]c2ccccc12)NC(=O)[C@H](Cc1cnc[nH]1)NC(=O)C1CCC(=O)N1. The highest BCUT2D eigenvalue weighted by Gasteiger charge is 2.40. The fourth-order valence-corrected chi connectivity index (χ4v) is 10.4. The van der Waals surface area contributed by atoms with Crippen LogP contribution in [0.2, 0.25) is 0 Å². The number of aromatic amines is 2. The molecule has 0 aliphatic carbocycles. The Morgan fingerprint density at radius 2 is 1.30 bits per heavy atom. The molecule has 0 spiro atoms. The van der Waals surface area contributed by atoms with Crippen molar-refractivity contribution in [3.05, 3.63) is 84.1 Å². The third-order valence-electron chi connectivity index (χ3n) is 14.7. The second-order valence-electron chi connectivity index (χ2n) is 23.0. The molecule has 4 heterocycles. The van der Waals surface area contributed by atoms with Crippen molar-refractivity contribution in [2.75, 3.05) is 26.2 Å². The molecule has 30 nitrogen and oxygen atoms in total. The highest BCUT2D eigenvalue weighted by molar-refractivity contribution is 5.99. The molecule has 2 aliphatic heterocycles. The molecule has 0 radical (unpaired) electrons. The summed E-state index contributed by atoms with van der Waals surface area (Å²) in [6.07, 6.45) is 4.47. The van der Waals surface area contributed by atoms with Gasteiger partial charge in [-0.25, -0.2) is 4.98 Å². The number of phenols is 1. The molecule has 10 amide bonds. The van der Waals surface area contributed by atoms with Crippen LogP contribution < -0.4 is 59.3 Å². The summed E-state index contributed by atoms with van der Waals surface area (Å²) < 4.78 is 38.6. The number of carbonyl (C=O) groups is 11. The van der Waals surface area contributed by atoms with Crippen molar-refractivity contribution in [2.24, 2.45) is 28.3 Å². The molecule has 2 fully saturated rings. The number of H-pyrrole nitrogens is 2. The van der Waals surface area contributed by atoms with E-state index in [4.69, 9.17) is 28.2 Å². The lowest BCUT2D eigenvalue weighted by molar-refractivity contribution is -0.142. The number of likely N-dealkylation sites (tertiary alicyclic amines) is 1. The number of nitrogens with two attached hydrogens (primary N) is 2. The van der Waals surface area contributed by atoms with Crippen LogP contribution in [0.15, 0.2) is 72.2 Å². The molecule has 91 heavy (non-hydrogen) atoms. The number of aliphatic hydroxyl groups excluding tert-OH is 1. The molecule has 496 valence electrons. The number of hydrogen-bond acceptors (Lipinski definition) is 15. The quantitative estimate of drug-likeness (QED) is 0.0153. The topological polar surface area (TPSA) is 469 Å². The number of aliphatic hydroxyl groups is 1. The number of aliphatic imine (C=N–C) groups is 1. The molecule has 9 atom stereocenters. The number of carboxylic acids is 1. The van der Waals surface area contributed by atoms with Gasteiger partial charge in [-0.05, 0) is 93.0 Å². The lowest BCUT2D eigenvalue weighted by Crippen LogP contribution is -2.61. The van der Waals surface area contributed by atoms with Crippen molar-refractivity contribution in [1.82, 2.24) is 67.7 Å². The number of aliphatic carboxylic acids is 1. The van der Waals surface area contributed by atoms with Gasteiger partial charge < -0.3 is 89.5 Å². The van der Waals surface area contributed by atoms with Gasteiger partial charge in [0.2, 0.25) is 59.1 Å². The second kappa shape index (κ2) is 35.5. The van der Waals surface area contributed by atoms with Crippen LogP contribution in [-0.2, 0) is 72.0 Å². The van der Waals surface area contributed by atoms with Crippen LogP contribution >= 0.6 is 0 Å². The van der Waals surface area contributed by atoms with E-state index in [0.29, 0.717) is 27.7 Å². The third-order valence-corrected chi connectivity index (χ3v) is 14.7. The molecule has 30 heteroatoms. The lowest BCUT2D eigenvalue weighted by Gasteiger charge is -2.31. The summed E-state index contributed by atoms with van der Waals surface area (Å²) >= 11 is 0. The van der Waals surface area contributed by atoms with Crippen LogP contribution in [-0.4, -0.2) is 187 Å². The van der Waals surface area contributed by atoms with E-state index in [1.807, 2.05) is 5.32 Å². The van der Waals surface area contributed by atoms with E-state index in [1.165, 1.54) is 36.8 Å². The zero-order chi connectivity index (χ0) is 71.2. The number of fused-ring (bicyclic) bond motifs is 1. The van der Waals surface area contributed by atoms with Crippen molar-refractivity contribution in [2.45, 2.75) is 166 Å². The number of para-hydroxylation sites is 1. The molecule has 2 unspecified atom stereocenters. The molecular formula is C61H88N16O14. The minimum Gasteiger partial charge on any atom is -0.508 e. The van der Waals surface area contributed by atoms with E-state index in [0.717, 1.165) is 11.8 Å². The minimum atomic E-state index is -3.24. The summed E-state index contributed by atoms with van der Waals surface area (Å²) in [5.74, 6) is -10.1. The molecule has 4 aromatic rings. The van der Waals surface area contributed by atoms with Gasteiger partial charge in [-0.3, -0.25) is 57.7 Å². The number of aromatic nitrogens is 3. The summed E-state index contributed by atoms with van der Waals surface area (Å²) in [5.41, 5.74) is 13.2. The molecule has 18 N–H and O–H groups in total. The normalized spacial score (nSPS) is 17.8. The minimum absolute atomic E-state index is 0.00244. The monoisotopic (exact) mass is 1270 g/mol. The first-order valence-electron chi connectivity index (χ1n) is 32.4. The lowest BCUT2D eigenvalue weighted by atomic mass is 9.98. The number of carboxylic acid groups (broad SMARTS) is 1. The van der Waals surface area contributed by atoms with E-state index < -0.39 is 133 Å². The first kappa shape index (κ1) is 64.4. The standard InChI is InChI=1S/C59H84N16O12.C2H4O2/c1-6-63-57(86)48-14-10-22-75(48)58(87)41(13-9-21-64-59(60)61)68-51(80)42(23-32(2)3)69-52(81)43(24-33(4)5)70-53(82)44(25-34-15-17-37(77)18-16-34)71-56(85)47(30-76)74-54(83)45(26-35-28-65-39-12-8-7-11-38(35)39)72-55(84)46(27-36-29-62-31-66-36)73-50(79)40-19-20-49(78)67-40;1-2(3)4/h7-8,11-12,15-18,28-29,31-33,40-48,65,76-77H,6,9-10,13-14,19-27,30H2,1-5H3,(H,62,66)(H,63,86)(H,67,78)(H,68,80)(H,69,81)(H,70,82)(H,71,85)(H,72,84)(H,73,79)(H,74,83)(H4,60,61,64);1H3,(H,3,4)/t40?,41?,42-,43+,44+,45+,46+,47+,48+;/m1./s1/i1D3,6D2;. The van der Waals surface area contributed by atoms with E-state index in [9.17, 15) is 58.2 Å². The van der Waals surface area contributed by atoms with Gasteiger partial charge in [-0.15, -0.1) is 0 Å². The Balaban J connectivity index is 0.00000405. The molecule has 0 saturated carbocycles. The van der Waals surface area contributed by atoms with Gasteiger partial charge in [-0.1, -0.05) is 58.0 Å². The van der Waals surface area contributed by atoms with Crippen LogP contribution in [0.5, 0.6) is 5.75 Å². The summed E-state index contributed by atoms with van der Waals surface area (Å²) in [4.78, 5) is 165.